The first-order valence-corrected chi connectivity index (χ1v) is 16.8. The molecule has 0 atom stereocenters. The highest BCUT2D eigenvalue weighted by molar-refractivity contribution is 7.08. The van der Waals surface area contributed by atoms with Crippen LogP contribution in [0.3, 0.4) is 0 Å². The second-order valence-corrected chi connectivity index (χ2v) is 29.8. The molecule has 1 aromatic rings. The van der Waals surface area contributed by atoms with Crippen LogP contribution in [-0.4, -0.2) is 26.0 Å². The van der Waals surface area contributed by atoms with E-state index >= 15 is 0 Å². The Balaban J connectivity index is 4.71. The van der Waals surface area contributed by atoms with E-state index in [-0.39, 0.29) is 30.2 Å². The summed E-state index contributed by atoms with van der Waals surface area (Å²) in [7, 11) is -2.68. The molecule has 0 aliphatic heterocycles. The molecule has 0 aliphatic rings. The van der Waals surface area contributed by atoms with Gasteiger partial charge in [0.1, 0.15) is 5.82 Å². The number of hydrogen-bond acceptors (Lipinski definition) is 2. The van der Waals surface area contributed by atoms with Gasteiger partial charge in [0, 0.05) is 13.2 Å². The molecular formula is C28H59N3Si2. The lowest BCUT2D eigenvalue weighted by atomic mass is 10.2. The molecule has 5 heteroatoms. The van der Waals surface area contributed by atoms with Crippen LogP contribution in [0.4, 0.5) is 5.82 Å². The molecule has 1 rings (SSSR count). The molecule has 0 N–H and O–H groups in total. The zero-order valence-electron chi connectivity index (χ0n) is 26.0. The van der Waals surface area contributed by atoms with Gasteiger partial charge in [-0.25, -0.2) is 4.98 Å². The quantitative estimate of drug-likeness (QED) is 0.390. The van der Waals surface area contributed by atoms with Gasteiger partial charge in [0.15, 0.2) is 16.5 Å². The van der Waals surface area contributed by atoms with Gasteiger partial charge in [-0.1, -0.05) is 125 Å². The van der Waals surface area contributed by atoms with E-state index in [1.54, 1.807) is 0 Å². The standard InChI is InChI=1S/C28H59N3Si2/c1-23(2,3)32(24(4,5)6,25(7,8)9)31(22-20-30(19)21-29-22)33(26(10,11)12,27(13,14)15)28(16,17)18/h20-21H,1-19H3. The van der Waals surface area contributed by atoms with Crippen LogP contribution in [0.25, 0.3) is 0 Å². The van der Waals surface area contributed by atoms with Gasteiger partial charge in [-0.15, -0.1) is 0 Å². The first kappa shape index (κ1) is 30.5. The minimum Gasteiger partial charge on any atom is -0.405 e. The topological polar surface area (TPSA) is 21.1 Å². The van der Waals surface area contributed by atoms with E-state index in [0.717, 1.165) is 0 Å². The second kappa shape index (κ2) is 8.25. The minimum absolute atomic E-state index is 0.126. The predicted molar refractivity (Wildman–Crippen MR) is 155 cm³/mol. The van der Waals surface area contributed by atoms with Gasteiger partial charge >= 0.3 is 0 Å². The summed E-state index contributed by atoms with van der Waals surface area (Å²) < 4.78 is 5.28. The third kappa shape index (κ3) is 4.43. The largest absolute Gasteiger partial charge is 0.405 e. The Hall–Kier alpha value is -0.556. The van der Waals surface area contributed by atoms with E-state index in [2.05, 4.69) is 147 Å². The van der Waals surface area contributed by atoms with Gasteiger partial charge in [0.05, 0.1) is 6.33 Å². The fourth-order valence-electron chi connectivity index (χ4n) is 9.87. The van der Waals surface area contributed by atoms with Crippen molar-refractivity contribution < 1.29 is 0 Å². The SMILES string of the molecule is Cn1cnc(N([Si](C(C)(C)C)(C(C)(C)C)C(C)(C)C)[Si](C(C)(C)C)(C(C)(C)C)C(C)(C)C)c1. The lowest BCUT2D eigenvalue weighted by Crippen LogP contribution is -2.83. The predicted octanol–water partition coefficient (Wildman–Crippen LogP) is 9.92. The van der Waals surface area contributed by atoms with Gasteiger partial charge < -0.3 is 8.80 Å². The van der Waals surface area contributed by atoms with Gasteiger partial charge in [0.25, 0.3) is 0 Å². The summed E-state index contributed by atoms with van der Waals surface area (Å²) >= 11 is 0. The Bertz CT molecular complexity index is 688. The van der Waals surface area contributed by atoms with Crippen molar-refractivity contribution >= 4 is 22.3 Å². The molecule has 0 saturated carbocycles. The van der Waals surface area contributed by atoms with Crippen LogP contribution < -0.4 is 4.23 Å². The van der Waals surface area contributed by atoms with E-state index in [9.17, 15) is 0 Å². The van der Waals surface area contributed by atoms with Crippen LogP contribution in [0.5, 0.6) is 0 Å². The van der Waals surface area contributed by atoms with Crippen molar-refractivity contribution in [2.75, 3.05) is 4.23 Å². The van der Waals surface area contributed by atoms with E-state index in [0.29, 0.717) is 0 Å². The van der Waals surface area contributed by atoms with Gasteiger partial charge in [-0.3, -0.25) is 0 Å². The summed E-state index contributed by atoms with van der Waals surface area (Å²) in [6.45, 7) is 45.5. The number of rotatable bonds is 3. The summed E-state index contributed by atoms with van der Waals surface area (Å²) in [6, 6.07) is 0. The zero-order chi connectivity index (χ0) is 26.9. The fraction of sp³-hybridized carbons (Fsp3) is 0.893. The lowest BCUT2D eigenvalue weighted by Gasteiger charge is -2.75. The fourth-order valence-corrected chi connectivity index (χ4v) is 36.4. The molecule has 1 heterocycles. The molecule has 1 aromatic heterocycles. The molecule has 0 fully saturated rings. The third-order valence-corrected chi connectivity index (χ3v) is 24.9. The maximum Gasteiger partial charge on any atom is 0.165 e. The Morgan fingerprint density at radius 1 is 0.545 bits per heavy atom. The summed E-state index contributed by atoms with van der Waals surface area (Å²) in [5, 5.41) is 0.756. The molecule has 3 nitrogen and oxygen atoms in total. The molecule has 194 valence electrons. The van der Waals surface area contributed by atoms with Crippen molar-refractivity contribution in [3.05, 3.63) is 12.5 Å². The molecule has 0 unspecified atom stereocenters. The molecule has 0 aromatic carbocycles. The maximum absolute atomic E-state index is 5.19. The highest BCUT2D eigenvalue weighted by Crippen LogP contribution is 2.72. The highest BCUT2D eigenvalue weighted by atomic mass is 28.4. The summed E-state index contributed by atoms with van der Waals surface area (Å²) in [5.74, 6) is 1.20. The molecule has 0 saturated heterocycles. The monoisotopic (exact) mass is 493 g/mol. The van der Waals surface area contributed by atoms with E-state index < -0.39 is 16.5 Å². The average molecular weight is 494 g/mol. The van der Waals surface area contributed by atoms with Gasteiger partial charge in [0.2, 0.25) is 0 Å². The maximum atomic E-state index is 5.19. The molecule has 0 aliphatic carbocycles. The second-order valence-electron chi connectivity index (χ2n) is 16.7. The Labute approximate surface area is 210 Å². The first-order valence-electron chi connectivity index (χ1n) is 12.9. The summed E-state index contributed by atoms with van der Waals surface area (Å²) in [5.41, 5.74) is 0. The Kier molecular flexibility index (Phi) is 7.62. The van der Waals surface area contributed by atoms with Crippen LogP contribution >= 0.6 is 0 Å². The smallest absolute Gasteiger partial charge is 0.165 e. The van der Waals surface area contributed by atoms with Crippen LogP contribution in [0, 0.1) is 0 Å². The lowest BCUT2D eigenvalue weighted by molar-refractivity contribution is 0.496. The third-order valence-electron chi connectivity index (χ3n) is 8.10. The number of nitrogens with zero attached hydrogens (tertiary/aromatic N) is 3. The van der Waals surface area contributed by atoms with Gasteiger partial charge in [-0.2, -0.15) is 0 Å². The normalized spacial score (nSPS) is 15.7. The Morgan fingerprint density at radius 3 is 0.939 bits per heavy atom. The number of imidazole rings is 1. The molecule has 0 spiro atoms. The molecular weight excluding hydrogens is 435 g/mol. The van der Waals surface area contributed by atoms with Crippen molar-refractivity contribution in [3.63, 3.8) is 0 Å². The van der Waals surface area contributed by atoms with E-state index in [1.165, 1.54) is 5.82 Å². The molecule has 0 radical (unpaired) electrons. The average Bonchev–Trinajstić information content (AvgIpc) is 2.83. The van der Waals surface area contributed by atoms with Crippen molar-refractivity contribution in [1.29, 1.82) is 0 Å². The number of anilines is 1. The summed E-state index contributed by atoms with van der Waals surface area (Å²) in [6.07, 6.45) is 4.33. The zero-order valence-corrected chi connectivity index (χ0v) is 28.0. The molecule has 33 heavy (non-hydrogen) atoms. The van der Waals surface area contributed by atoms with Crippen molar-refractivity contribution in [2.45, 2.75) is 155 Å². The van der Waals surface area contributed by atoms with E-state index in [1.807, 2.05) is 6.33 Å². The number of aryl methyl sites for hydroxylation is 1. The number of aromatic nitrogens is 2. The highest BCUT2D eigenvalue weighted by Gasteiger charge is 2.74. The molecule has 0 bridgehead atoms. The van der Waals surface area contributed by atoms with Crippen LogP contribution in [-0.2, 0) is 7.05 Å². The van der Waals surface area contributed by atoms with Crippen molar-refractivity contribution in [1.82, 2.24) is 9.55 Å². The van der Waals surface area contributed by atoms with E-state index in [4.69, 9.17) is 4.98 Å². The van der Waals surface area contributed by atoms with Crippen LogP contribution in [0.2, 0.25) is 30.2 Å². The summed E-state index contributed by atoms with van der Waals surface area (Å²) in [4.78, 5) is 5.19. The van der Waals surface area contributed by atoms with Gasteiger partial charge in [-0.05, 0) is 30.2 Å². The van der Waals surface area contributed by atoms with Crippen LogP contribution in [0.1, 0.15) is 125 Å². The van der Waals surface area contributed by atoms with Crippen molar-refractivity contribution in [3.8, 4) is 0 Å². The molecule has 0 amide bonds. The van der Waals surface area contributed by atoms with Crippen molar-refractivity contribution in [2.24, 2.45) is 7.05 Å². The number of hydrogen-bond donors (Lipinski definition) is 0. The minimum atomic E-state index is -2.40. The Morgan fingerprint density at radius 2 is 0.788 bits per heavy atom. The first-order chi connectivity index (χ1) is 14.1. The van der Waals surface area contributed by atoms with Crippen LogP contribution in [0.15, 0.2) is 12.5 Å².